The molecule has 2 fully saturated rings. The Hall–Kier alpha value is -2.70. The molecule has 2 aromatic rings. The molecule has 2 aliphatic rings. The maximum atomic E-state index is 12.9. The molecule has 2 aliphatic heterocycles. The van der Waals surface area contributed by atoms with E-state index in [9.17, 15) is 9.59 Å². The van der Waals surface area contributed by atoms with E-state index in [0.29, 0.717) is 6.54 Å². The zero-order valence-corrected chi connectivity index (χ0v) is 21.5. The molecule has 35 heavy (non-hydrogen) atoms. The highest BCUT2D eigenvalue weighted by molar-refractivity contribution is 5.93. The van der Waals surface area contributed by atoms with E-state index in [1.165, 1.54) is 11.1 Å². The molecule has 188 valence electrons. The van der Waals surface area contributed by atoms with Crippen LogP contribution >= 0.6 is 0 Å². The summed E-state index contributed by atoms with van der Waals surface area (Å²) < 4.78 is 0. The van der Waals surface area contributed by atoms with Crippen molar-refractivity contribution in [1.29, 1.82) is 0 Å². The van der Waals surface area contributed by atoms with Crippen molar-refractivity contribution in [2.45, 2.75) is 46.7 Å². The van der Waals surface area contributed by atoms with Crippen molar-refractivity contribution in [3.8, 4) is 0 Å². The Morgan fingerprint density at radius 2 is 1.40 bits per heavy atom. The van der Waals surface area contributed by atoms with Crippen LogP contribution in [0.1, 0.15) is 44.7 Å². The van der Waals surface area contributed by atoms with Gasteiger partial charge in [0.15, 0.2) is 0 Å². The molecule has 0 aromatic heterocycles. The van der Waals surface area contributed by atoms with Gasteiger partial charge in [-0.2, -0.15) is 0 Å². The summed E-state index contributed by atoms with van der Waals surface area (Å²) in [6.45, 7) is 13.3. The number of likely N-dealkylation sites (tertiary alicyclic amines) is 1. The average Bonchev–Trinajstić information content (AvgIpc) is 2.86. The molecular formula is C29H40N4O2. The fourth-order valence-corrected chi connectivity index (χ4v) is 4.99. The van der Waals surface area contributed by atoms with Gasteiger partial charge in [-0.15, -0.1) is 0 Å². The molecule has 2 amide bonds. The van der Waals surface area contributed by atoms with Crippen LogP contribution in [0.3, 0.4) is 0 Å². The van der Waals surface area contributed by atoms with E-state index in [1.54, 1.807) is 0 Å². The lowest BCUT2D eigenvalue weighted by Crippen LogP contribution is -2.47. The van der Waals surface area contributed by atoms with Crippen molar-refractivity contribution in [2.24, 2.45) is 11.3 Å². The summed E-state index contributed by atoms with van der Waals surface area (Å²) in [5.74, 6) is -0.0131. The van der Waals surface area contributed by atoms with Crippen LogP contribution in [0.5, 0.6) is 0 Å². The second-order valence-electron chi connectivity index (χ2n) is 11.1. The number of piperidine rings is 1. The van der Waals surface area contributed by atoms with E-state index in [1.807, 2.05) is 37.8 Å². The maximum Gasteiger partial charge on any atom is 0.229 e. The van der Waals surface area contributed by atoms with Crippen molar-refractivity contribution in [1.82, 2.24) is 14.7 Å². The molecule has 2 aromatic carbocycles. The summed E-state index contributed by atoms with van der Waals surface area (Å²) in [6.07, 6.45) is 1.70. The van der Waals surface area contributed by atoms with Crippen LogP contribution in [0.15, 0.2) is 54.6 Å². The van der Waals surface area contributed by atoms with Gasteiger partial charge in [-0.05, 0) is 36.1 Å². The van der Waals surface area contributed by atoms with Crippen molar-refractivity contribution in [2.75, 3.05) is 44.6 Å². The van der Waals surface area contributed by atoms with Gasteiger partial charge in [-0.25, -0.2) is 0 Å². The molecule has 0 saturated carbocycles. The number of nitrogens with zero attached hydrogens (tertiary/aromatic N) is 3. The van der Waals surface area contributed by atoms with E-state index in [0.717, 1.165) is 64.3 Å². The number of carbonyl (C=O) groups excluding carboxylic acids is 2. The summed E-state index contributed by atoms with van der Waals surface area (Å²) in [6, 6.07) is 18.9. The van der Waals surface area contributed by atoms with Gasteiger partial charge in [0.1, 0.15) is 0 Å². The van der Waals surface area contributed by atoms with E-state index in [2.05, 4.69) is 57.6 Å². The van der Waals surface area contributed by atoms with E-state index in [4.69, 9.17) is 0 Å². The summed E-state index contributed by atoms with van der Waals surface area (Å²) >= 11 is 0. The largest absolute Gasteiger partial charge is 0.341 e. The maximum absolute atomic E-state index is 12.9. The van der Waals surface area contributed by atoms with Crippen LogP contribution < -0.4 is 5.32 Å². The number of carbonyl (C=O) groups is 2. The Morgan fingerprint density at radius 1 is 0.829 bits per heavy atom. The van der Waals surface area contributed by atoms with Crippen LogP contribution in [0, 0.1) is 11.3 Å². The van der Waals surface area contributed by atoms with Crippen molar-refractivity contribution in [3.05, 3.63) is 65.7 Å². The van der Waals surface area contributed by atoms with Crippen LogP contribution in [0.2, 0.25) is 0 Å². The van der Waals surface area contributed by atoms with Gasteiger partial charge in [-0.3, -0.25) is 19.4 Å². The topological polar surface area (TPSA) is 55.9 Å². The molecule has 1 N–H and O–H groups in total. The number of rotatable bonds is 6. The van der Waals surface area contributed by atoms with Gasteiger partial charge in [0, 0.05) is 63.5 Å². The third kappa shape index (κ3) is 7.15. The molecular weight excluding hydrogens is 436 g/mol. The minimum absolute atomic E-state index is 0.0127. The molecule has 0 aliphatic carbocycles. The molecule has 0 spiro atoms. The lowest BCUT2D eigenvalue weighted by molar-refractivity contribution is -0.142. The summed E-state index contributed by atoms with van der Waals surface area (Å²) in [4.78, 5) is 32.4. The van der Waals surface area contributed by atoms with Crippen LogP contribution in [-0.2, 0) is 22.7 Å². The lowest BCUT2D eigenvalue weighted by Gasteiger charge is -2.36. The minimum atomic E-state index is -0.414. The molecule has 4 rings (SSSR count). The Balaban J connectivity index is 1.23. The van der Waals surface area contributed by atoms with Gasteiger partial charge < -0.3 is 10.2 Å². The molecule has 2 heterocycles. The van der Waals surface area contributed by atoms with E-state index >= 15 is 0 Å². The van der Waals surface area contributed by atoms with Crippen molar-refractivity contribution < 1.29 is 9.59 Å². The zero-order valence-electron chi connectivity index (χ0n) is 21.5. The fraction of sp³-hybridized carbons (Fsp3) is 0.517. The zero-order chi connectivity index (χ0) is 24.8. The highest BCUT2D eigenvalue weighted by Crippen LogP contribution is 2.24. The molecule has 6 heteroatoms. The number of nitrogens with one attached hydrogen (secondary N) is 1. The number of amides is 2. The monoisotopic (exact) mass is 476 g/mol. The second kappa shape index (κ2) is 11.4. The van der Waals surface area contributed by atoms with Gasteiger partial charge in [0.25, 0.3) is 0 Å². The van der Waals surface area contributed by atoms with Crippen LogP contribution in [-0.4, -0.2) is 65.8 Å². The normalized spacial score (nSPS) is 20.0. The van der Waals surface area contributed by atoms with Gasteiger partial charge in [-0.1, -0.05) is 63.2 Å². The number of benzene rings is 2. The van der Waals surface area contributed by atoms with Crippen molar-refractivity contribution >= 4 is 17.5 Å². The molecule has 0 radical (unpaired) electrons. The SMILES string of the molecule is CC(C)(C)C(=O)N1CCCC(C(=O)Nc2ccc(CN3CCN(Cc4ccccc4)CC3)cc2)C1. The first-order valence-electron chi connectivity index (χ1n) is 13.0. The quantitative estimate of drug-likeness (QED) is 0.678. The Kier molecular flexibility index (Phi) is 8.24. The van der Waals surface area contributed by atoms with Crippen LogP contribution in [0.25, 0.3) is 0 Å². The molecule has 1 atom stereocenters. The first-order valence-corrected chi connectivity index (χ1v) is 13.0. The Bertz CT molecular complexity index is 976. The predicted molar refractivity (Wildman–Crippen MR) is 141 cm³/mol. The third-order valence-corrected chi connectivity index (χ3v) is 7.06. The standard InChI is InChI=1S/C29H40N4O2/c1-29(2,3)28(35)33-15-7-10-25(22-33)27(34)30-26-13-11-24(12-14-26)21-32-18-16-31(17-19-32)20-23-8-5-4-6-9-23/h4-6,8-9,11-14,25H,7,10,15-22H2,1-3H3,(H,30,34). The predicted octanol–water partition coefficient (Wildman–Crippen LogP) is 4.23. The van der Waals surface area contributed by atoms with Gasteiger partial charge >= 0.3 is 0 Å². The Morgan fingerprint density at radius 3 is 1.97 bits per heavy atom. The average molecular weight is 477 g/mol. The van der Waals surface area contributed by atoms with E-state index in [-0.39, 0.29) is 17.7 Å². The first kappa shape index (κ1) is 25.4. The van der Waals surface area contributed by atoms with Crippen molar-refractivity contribution in [3.63, 3.8) is 0 Å². The summed E-state index contributed by atoms with van der Waals surface area (Å²) in [5, 5.41) is 3.07. The summed E-state index contributed by atoms with van der Waals surface area (Å²) in [5.41, 5.74) is 3.05. The van der Waals surface area contributed by atoms with Gasteiger partial charge in [0.2, 0.25) is 11.8 Å². The smallest absolute Gasteiger partial charge is 0.229 e. The molecule has 0 bridgehead atoms. The highest BCUT2D eigenvalue weighted by Gasteiger charge is 2.33. The molecule has 6 nitrogen and oxygen atoms in total. The number of hydrogen-bond donors (Lipinski definition) is 1. The van der Waals surface area contributed by atoms with Gasteiger partial charge in [0.05, 0.1) is 5.92 Å². The third-order valence-electron chi connectivity index (χ3n) is 7.06. The van der Waals surface area contributed by atoms with E-state index < -0.39 is 5.41 Å². The highest BCUT2D eigenvalue weighted by atomic mass is 16.2. The lowest BCUT2D eigenvalue weighted by atomic mass is 9.91. The number of hydrogen-bond acceptors (Lipinski definition) is 4. The Labute approximate surface area is 210 Å². The minimum Gasteiger partial charge on any atom is -0.341 e. The van der Waals surface area contributed by atoms with Crippen LogP contribution in [0.4, 0.5) is 5.69 Å². The second-order valence-corrected chi connectivity index (χ2v) is 11.1. The number of anilines is 1. The fourth-order valence-electron chi connectivity index (χ4n) is 4.99. The number of piperazine rings is 1. The molecule has 1 unspecified atom stereocenters. The summed E-state index contributed by atoms with van der Waals surface area (Å²) in [7, 11) is 0. The first-order chi connectivity index (χ1) is 16.8. The molecule has 2 saturated heterocycles.